The van der Waals surface area contributed by atoms with Crippen LogP contribution in [0, 0.1) is 12.8 Å². The zero-order valence-electron chi connectivity index (χ0n) is 17.6. The fourth-order valence-corrected chi connectivity index (χ4v) is 4.71. The van der Waals surface area contributed by atoms with Gasteiger partial charge in [0.1, 0.15) is 25.5 Å². The summed E-state index contributed by atoms with van der Waals surface area (Å²) in [7, 11) is -3.53. The number of aliphatic hydroxyl groups excluding tert-OH is 1. The number of allylic oxidation sites excluding steroid dienone is 2. The van der Waals surface area contributed by atoms with E-state index in [1.54, 1.807) is 0 Å². The van der Waals surface area contributed by atoms with Crippen molar-refractivity contribution in [1.82, 2.24) is 9.55 Å². The van der Waals surface area contributed by atoms with Crippen molar-refractivity contribution >= 4 is 19.4 Å². The second kappa shape index (κ2) is 10.1. The summed E-state index contributed by atoms with van der Waals surface area (Å²) in [6, 6.07) is 0. The zero-order chi connectivity index (χ0) is 22.8. The van der Waals surface area contributed by atoms with Crippen molar-refractivity contribution in [2.45, 2.75) is 58.0 Å². The topological polar surface area (TPSA) is 126 Å². The van der Waals surface area contributed by atoms with Crippen molar-refractivity contribution < 1.29 is 28.9 Å². The zero-order valence-corrected chi connectivity index (χ0v) is 19.3. The van der Waals surface area contributed by atoms with E-state index in [1.807, 2.05) is 6.92 Å². The summed E-state index contributed by atoms with van der Waals surface area (Å²) in [5, 5.41) is 21.8. The van der Waals surface area contributed by atoms with Crippen molar-refractivity contribution in [2.24, 2.45) is 5.92 Å². The third-order valence-corrected chi connectivity index (χ3v) is 7.18. The minimum Gasteiger partial charge on any atom is -0.858 e. The Morgan fingerprint density at radius 2 is 2.26 bits per heavy atom. The lowest BCUT2D eigenvalue weighted by Crippen LogP contribution is -2.29. The van der Waals surface area contributed by atoms with E-state index < -0.39 is 37.2 Å². The summed E-state index contributed by atoms with van der Waals surface area (Å²) in [5.41, 5.74) is 1.77. The molecule has 0 radical (unpaired) electrons. The quantitative estimate of drug-likeness (QED) is 0.332. The molecule has 1 saturated heterocycles. The highest BCUT2D eigenvalue weighted by Gasteiger charge is 2.38. The number of ether oxygens (including phenoxy) is 1. The smallest absolute Gasteiger partial charge is 0.349 e. The molecule has 1 fully saturated rings. The lowest BCUT2D eigenvalue weighted by atomic mass is 9.86. The molecule has 0 amide bonds. The number of rotatable bonds is 8. The summed E-state index contributed by atoms with van der Waals surface area (Å²) >= 11 is 5.07. The van der Waals surface area contributed by atoms with E-state index in [2.05, 4.69) is 17.6 Å². The number of aromatic nitrogens is 2. The first-order valence-electron chi connectivity index (χ1n) is 10.1. The summed E-state index contributed by atoms with van der Waals surface area (Å²) in [5.74, 6) is -0.122. The van der Waals surface area contributed by atoms with Crippen LogP contribution in [0.15, 0.2) is 34.8 Å². The molecular formula is C20H28N2O7PS-. The van der Waals surface area contributed by atoms with E-state index >= 15 is 0 Å². The largest absolute Gasteiger partial charge is 0.858 e. The number of aliphatic hydroxyl groups is 1. The van der Waals surface area contributed by atoms with Crippen LogP contribution < -0.4 is 10.8 Å². The number of hydrogen-bond acceptors (Lipinski definition) is 9. The first-order valence-corrected chi connectivity index (χ1v) is 12.7. The van der Waals surface area contributed by atoms with Crippen LogP contribution in [0.3, 0.4) is 0 Å². The van der Waals surface area contributed by atoms with Crippen molar-refractivity contribution in [3.05, 3.63) is 46.0 Å². The monoisotopic (exact) mass is 471 g/mol. The Labute approximate surface area is 187 Å². The third kappa shape index (κ3) is 6.38. The van der Waals surface area contributed by atoms with Crippen molar-refractivity contribution in [2.75, 3.05) is 13.2 Å². The molecule has 0 spiro atoms. The molecule has 9 nitrogen and oxygen atoms in total. The van der Waals surface area contributed by atoms with E-state index in [0.29, 0.717) is 11.5 Å². The predicted molar refractivity (Wildman–Crippen MR) is 116 cm³/mol. The van der Waals surface area contributed by atoms with E-state index in [4.69, 9.17) is 26.0 Å². The first-order chi connectivity index (χ1) is 14.6. The second-order valence-corrected chi connectivity index (χ2v) is 10.9. The van der Waals surface area contributed by atoms with Gasteiger partial charge >= 0.3 is 5.69 Å². The summed E-state index contributed by atoms with van der Waals surface area (Å²) < 4.78 is 17.7. The van der Waals surface area contributed by atoms with E-state index in [-0.39, 0.29) is 19.6 Å². The summed E-state index contributed by atoms with van der Waals surface area (Å²) in [4.78, 5) is 25.7. The predicted octanol–water partition coefficient (Wildman–Crippen LogP) is 1.83. The van der Waals surface area contributed by atoms with Crippen molar-refractivity contribution in [1.29, 1.82) is 0 Å². The lowest BCUT2D eigenvalue weighted by molar-refractivity contribution is -0.276. The Morgan fingerprint density at radius 3 is 2.90 bits per heavy atom. The number of nitrogens with zero attached hydrogens (tertiary/aromatic N) is 2. The van der Waals surface area contributed by atoms with Crippen LogP contribution in [0.5, 0.6) is 5.88 Å². The molecule has 1 aromatic heterocycles. The Balaban J connectivity index is 1.50. The standard InChI is InChI=1S/C20H29N2O7PS/c1-12(2)15-6-4-14(5-7-15)10-27-30(26,31)28-11-17-16(23)8-18(29-17)22-9-13(3)19(24)21-20(22)25/h4,9,15-18,23H,1,5-8,10-11H2,2-3H3,(H,26,31)(H,21,24,25)/p-1/t15?,16-,17+,18+,30?/m0/s1. The normalized spacial score (nSPS) is 28.2. The second-order valence-electron chi connectivity index (χ2n) is 8.07. The molecule has 0 aromatic carbocycles. The Hall–Kier alpha value is -1.26. The molecular weight excluding hydrogens is 443 g/mol. The van der Waals surface area contributed by atoms with Gasteiger partial charge in [-0.3, -0.25) is 4.57 Å². The maximum absolute atomic E-state index is 12.0. The lowest BCUT2D eigenvalue weighted by Gasteiger charge is -2.26. The fourth-order valence-electron chi connectivity index (χ4n) is 3.63. The molecule has 3 rings (SSSR count). The maximum atomic E-state index is 12.0. The molecule has 2 heterocycles. The van der Waals surface area contributed by atoms with Crippen LogP contribution in [-0.4, -0.2) is 45.0 Å². The van der Waals surface area contributed by atoms with Crippen LogP contribution in [0.1, 0.15) is 44.4 Å². The molecule has 1 aliphatic carbocycles. The first kappa shape index (κ1) is 24.4. The SMILES string of the molecule is C=C(C)C1CC=C(CO[P+](O)([S-])OC[C@H]2O[C@@H](n3cc(C)c([O-])nc3=O)C[C@@H]2O)CC1. The Morgan fingerprint density at radius 1 is 1.52 bits per heavy atom. The summed E-state index contributed by atoms with van der Waals surface area (Å²) in [6.07, 6.45) is 3.74. The van der Waals surface area contributed by atoms with Gasteiger partial charge in [-0.05, 0) is 56.0 Å². The molecule has 2 aliphatic rings. The van der Waals surface area contributed by atoms with Gasteiger partial charge < -0.3 is 27.2 Å². The van der Waals surface area contributed by atoms with Gasteiger partial charge in [-0.2, -0.15) is 9.05 Å². The van der Waals surface area contributed by atoms with Crippen LogP contribution >= 0.6 is 7.15 Å². The molecule has 0 bridgehead atoms. The van der Waals surface area contributed by atoms with Gasteiger partial charge in [0.15, 0.2) is 0 Å². The van der Waals surface area contributed by atoms with Gasteiger partial charge in [0.05, 0.1) is 6.10 Å². The number of hydrogen-bond donors (Lipinski definition) is 2. The highest BCUT2D eigenvalue weighted by atomic mass is 32.7. The van der Waals surface area contributed by atoms with Crippen LogP contribution in [-0.2, 0) is 26.0 Å². The van der Waals surface area contributed by atoms with Gasteiger partial charge in [-0.15, -0.1) is 0 Å². The minimum atomic E-state index is -3.53. The van der Waals surface area contributed by atoms with Gasteiger partial charge in [0, 0.05) is 12.6 Å². The van der Waals surface area contributed by atoms with Gasteiger partial charge in [0.2, 0.25) is 0 Å². The molecule has 2 N–H and O–H groups in total. The molecule has 31 heavy (non-hydrogen) atoms. The average Bonchev–Trinajstić information content (AvgIpc) is 3.08. The molecule has 1 aromatic rings. The van der Waals surface area contributed by atoms with Gasteiger partial charge in [0.25, 0.3) is 7.15 Å². The summed E-state index contributed by atoms with van der Waals surface area (Å²) in [6.45, 7) is 7.56. The average molecular weight is 471 g/mol. The fraction of sp³-hybridized carbons (Fsp3) is 0.600. The van der Waals surface area contributed by atoms with E-state index in [9.17, 15) is 19.9 Å². The van der Waals surface area contributed by atoms with Crippen molar-refractivity contribution in [3.8, 4) is 5.88 Å². The molecule has 0 saturated carbocycles. The van der Waals surface area contributed by atoms with Crippen LogP contribution in [0.4, 0.5) is 0 Å². The highest BCUT2D eigenvalue weighted by Crippen LogP contribution is 2.55. The Bertz CT molecular complexity index is 904. The van der Waals surface area contributed by atoms with E-state index in [0.717, 1.165) is 30.4 Å². The molecule has 2 unspecified atom stereocenters. The van der Waals surface area contributed by atoms with Crippen LogP contribution in [0.2, 0.25) is 0 Å². The van der Waals surface area contributed by atoms with Crippen LogP contribution in [0.25, 0.3) is 0 Å². The molecule has 172 valence electrons. The number of aryl methyl sites for hydroxylation is 1. The van der Waals surface area contributed by atoms with Gasteiger partial charge in [-0.25, -0.2) is 14.7 Å². The maximum Gasteiger partial charge on any atom is 0.349 e. The third-order valence-electron chi connectivity index (χ3n) is 5.62. The molecule has 1 aliphatic heterocycles. The van der Waals surface area contributed by atoms with Gasteiger partial charge in [-0.1, -0.05) is 18.2 Å². The minimum absolute atomic E-state index is 0.110. The Kier molecular flexibility index (Phi) is 7.96. The molecule has 5 atom stereocenters. The van der Waals surface area contributed by atoms with E-state index in [1.165, 1.54) is 17.7 Å². The molecule has 11 heteroatoms. The highest BCUT2D eigenvalue weighted by molar-refractivity contribution is 8.35. The van der Waals surface area contributed by atoms with Crippen molar-refractivity contribution in [3.63, 3.8) is 0 Å².